The van der Waals surface area contributed by atoms with E-state index in [-0.39, 0.29) is 0 Å². The van der Waals surface area contributed by atoms with E-state index in [9.17, 15) is 15.3 Å². The Kier molecular flexibility index (Phi) is 7.37. The Morgan fingerprint density at radius 3 is 2.57 bits per heavy atom. The van der Waals surface area contributed by atoms with Crippen LogP contribution in [0, 0.1) is 23.2 Å². The first-order chi connectivity index (χ1) is 14.0. The van der Waals surface area contributed by atoms with Gasteiger partial charge < -0.3 is 15.3 Å². The molecule has 2 unspecified atom stereocenters. The monoisotopic (exact) mass is 416 g/mol. The number of hydrogen-bond acceptors (Lipinski definition) is 3. The van der Waals surface area contributed by atoms with Crippen LogP contribution in [0.1, 0.15) is 91.9 Å². The molecule has 0 amide bonds. The van der Waals surface area contributed by atoms with Gasteiger partial charge >= 0.3 is 0 Å². The van der Waals surface area contributed by atoms with Crippen LogP contribution in [0.4, 0.5) is 0 Å². The van der Waals surface area contributed by atoms with Crippen LogP contribution in [0.25, 0.3) is 0 Å². The fourth-order valence-corrected chi connectivity index (χ4v) is 6.69. The zero-order valence-corrected chi connectivity index (χ0v) is 19.7. The lowest BCUT2D eigenvalue weighted by Crippen LogP contribution is -2.36. The minimum atomic E-state index is -0.672. The largest absolute Gasteiger partial charge is 0.390 e. The Morgan fingerprint density at radius 2 is 1.87 bits per heavy atom. The molecule has 3 fully saturated rings. The predicted octanol–water partition coefficient (Wildman–Crippen LogP) is 5.70. The molecule has 0 aliphatic heterocycles. The fourth-order valence-electron chi connectivity index (χ4n) is 6.69. The third-order valence-electron chi connectivity index (χ3n) is 8.45. The Hall–Kier alpha value is -0.900. The van der Waals surface area contributed by atoms with Crippen LogP contribution in [0.5, 0.6) is 0 Å². The van der Waals surface area contributed by atoms with E-state index in [0.717, 1.165) is 29.9 Å². The Morgan fingerprint density at radius 1 is 1.17 bits per heavy atom. The zero-order chi connectivity index (χ0) is 22.1. The molecule has 0 saturated heterocycles. The third-order valence-corrected chi connectivity index (χ3v) is 8.45. The summed E-state index contributed by atoms with van der Waals surface area (Å²) in [6, 6.07) is 0. The molecule has 3 heteroatoms. The standard InChI is InChI=1S/C27H44O3/c1-18(8-6-14-26(3,4)30)22-12-13-23-20(9-7-15-27(22,23)5)10-11-21-17-25(29)24(28)16-19(21)2/h10-11,18,22-25,28-30H,2,6-9,12-17H2,1,3-5H3/b20-10+,21-11-/t18-,22-,23?,24?,25-,27-/m1/s1. The Balaban J connectivity index is 1.69. The molecule has 0 aromatic heterocycles. The van der Waals surface area contributed by atoms with E-state index in [1.165, 1.54) is 38.5 Å². The first-order valence-corrected chi connectivity index (χ1v) is 12.2. The van der Waals surface area contributed by atoms with Gasteiger partial charge in [0.1, 0.15) is 0 Å². The van der Waals surface area contributed by atoms with Crippen LogP contribution >= 0.6 is 0 Å². The molecule has 6 atom stereocenters. The second-order valence-electron chi connectivity index (χ2n) is 11.4. The predicted molar refractivity (Wildman–Crippen MR) is 124 cm³/mol. The maximum Gasteiger partial charge on any atom is 0.0842 e. The maximum atomic E-state index is 10.0. The van der Waals surface area contributed by atoms with E-state index >= 15 is 0 Å². The molecule has 0 bridgehead atoms. The quantitative estimate of drug-likeness (QED) is 0.520. The molecular formula is C27H44O3. The molecule has 3 rings (SSSR count). The van der Waals surface area contributed by atoms with Crippen molar-refractivity contribution in [2.24, 2.45) is 23.2 Å². The van der Waals surface area contributed by atoms with Gasteiger partial charge in [0.05, 0.1) is 17.8 Å². The van der Waals surface area contributed by atoms with E-state index in [0.29, 0.717) is 30.1 Å². The van der Waals surface area contributed by atoms with Crippen molar-refractivity contribution in [1.29, 1.82) is 0 Å². The Labute approximate surface area is 184 Å². The van der Waals surface area contributed by atoms with Gasteiger partial charge in [-0.1, -0.05) is 51.0 Å². The van der Waals surface area contributed by atoms with Crippen LogP contribution in [0.15, 0.2) is 35.5 Å². The normalized spacial score (nSPS) is 38.8. The number of aliphatic hydroxyl groups excluding tert-OH is 2. The van der Waals surface area contributed by atoms with Gasteiger partial charge in [0, 0.05) is 12.8 Å². The molecule has 0 radical (unpaired) electrons. The van der Waals surface area contributed by atoms with Crippen LogP contribution in [0.2, 0.25) is 0 Å². The molecular weight excluding hydrogens is 372 g/mol. The summed E-state index contributed by atoms with van der Waals surface area (Å²) in [6.45, 7) is 12.9. The summed E-state index contributed by atoms with van der Waals surface area (Å²) in [5.74, 6) is 2.13. The lowest BCUT2D eigenvalue weighted by Gasteiger charge is -2.44. The fraction of sp³-hybridized carbons (Fsp3) is 0.778. The zero-order valence-electron chi connectivity index (χ0n) is 19.7. The van der Waals surface area contributed by atoms with Crippen molar-refractivity contribution < 1.29 is 15.3 Å². The summed E-state index contributed by atoms with van der Waals surface area (Å²) < 4.78 is 0. The van der Waals surface area contributed by atoms with Gasteiger partial charge in [-0.3, -0.25) is 0 Å². The van der Waals surface area contributed by atoms with Crippen LogP contribution in [-0.2, 0) is 0 Å². The van der Waals surface area contributed by atoms with Gasteiger partial charge in [-0.05, 0) is 86.7 Å². The van der Waals surface area contributed by atoms with Crippen molar-refractivity contribution in [3.8, 4) is 0 Å². The number of rotatable bonds is 6. The van der Waals surface area contributed by atoms with Gasteiger partial charge in [-0.2, -0.15) is 0 Å². The summed E-state index contributed by atoms with van der Waals surface area (Å²) in [7, 11) is 0. The van der Waals surface area contributed by atoms with Crippen molar-refractivity contribution in [2.75, 3.05) is 0 Å². The highest BCUT2D eigenvalue weighted by Gasteiger charge is 2.50. The van der Waals surface area contributed by atoms with E-state index in [2.05, 4.69) is 32.6 Å². The number of aliphatic hydroxyl groups is 3. The molecule has 3 nitrogen and oxygen atoms in total. The van der Waals surface area contributed by atoms with Gasteiger partial charge in [0.25, 0.3) is 0 Å². The van der Waals surface area contributed by atoms with Crippen molar-refractivity contribution in [3.05, 3.63) is 35.5 Å². The minimum Gasteiger partial charge on any atom is -0.390 e. The lowest BCUT2D eigenvalue weighted by atomic mass is 9.60. The molecule has 3 aliphatic carbocycles. The first-order valence-electron chi connectivity index (χ1n) is 12.2. The molecule has 0 spiro atoms. The highest BCUT2D eigenvalue weighted by molar-refractivity contribution is 5.37. The molecule has 3 aliphatic rings. The lowest BCUT2D eigenvalue weighted by molar-refractivity contribution is 0.0138. The molecule has 0 aromatic rings. The summed E-state index contributed by atoms with van der Waals surface area (Å²) in [6.07, 6.45) is 13.7. The maximum absolute atomic E-state index is 10.0. The highest BCUT2D eigenvalue weighted by atomic mass is 16.3. The Bertz CT molecular complexity index is 683. The summed E-state index contributed by atoms with van der Waals surface area (Å²) in [5.41, 5.74) is 3.48. The molecule has 0 aromatic carbocycles. The smallest absolute Gasteiger partial charge is 0.0842 e. The van der Waals surface area contributed by atoms with Crippen molar-refractivity contribution in [2.45, 2.75) is 110 Å². The van der Waals surface area contributed by atoms with Crippen molar-refractivity contribution in [1.82, 2.24) is 0 Å². The van der Waals surface area contributed by atoms with Crippen LogP contribution in [-0.4, -0.2) is 33.1 Å². The van der Waals surface area contributed by atoms with Crippen LogP contribution in [0.3, 0.4) is 0 Å². The number of allylic oxidation sites excluding steroid dienone is 3. The van der Waals surface area contributed by atoms with E-state index in [1.54, 1.807) is 5.57 Å². The second kappa shape index (κ2) is 9.30. The summed E-state index contributed by atoms with van der Waals surface area (Å²) in [5, 5.41) is 29.9. The van der Waals surface area contributed by atoms with Gasteiger partial charge in [0.15, 0.2) is 0 Å². The second-order valence-corrected chi connectivity index (χ2v) is 11.4. The summed E-state index contributed by atoms with van der Waals surface area (Å²) in [4.78, 5) is 0. The average Bonchev–Trinajstić information content (AvgIpc) is 3.00. The first kappa shape index (κ1) is 23.8. The van der Waals surface area contributed by atoms with Gasteiger partial charge in [-0.15, -0.1) is 0 Å². The van der Waals surface area contributed by atoms with Crippen molar-refractivity contribution >= 4 is 0 Å². The van der Waals surface area contributed by atoms with E-state index in [1.807, 2.05) is 13.8 Å². The van der Waals surface area contributed by atoms with E-state index in [4.69, 9.17) is 0 Å². The van der Waals surface area contributed by atoms with Crippen LogP contribution < -0.4 is 0 Å². The average molecular weight is 417 g/mol. The molecule has 0 heterocycles. The number of fused-ring (bicyclic) bond motifs is 1. The molecule has 3 saturated carbocycles. The summed E-state index contributed by atoms with van der Waals surface area (Å²) >= 11 is 0. The van der Waals surface area contributed by atoms with E-state index < -0.39 is 17.8 Å². The van der Waals surface area contributed by atoms with Gasteiger partial charge in [0.2, 0.25) is 0 Å². The third kappa shape index (κ3) is 5.29. The minimum absolute atomic E-state index is 0.385. The molecule has 3 N–H and O–H groups in total. The molecule has 30 heavy (non-hydrogen) atoms. The van der Waals surface area contributed by atoms with Gasteiger partial charge in [-0.25, -0.2) is 0 Å². The topological polar surface area (TPSA) is 60.7 Å². The number of hydrogen-bond donors (Lipinski definition) is 3. The molecule has 170 valence electrons. The van der Waals surface area contributed by atoms with Crippen molar-refractivity contribution in [3.63, 3.8) is 0 Å². The SMILES string of the molecule is C=C1CC(O)[C@H](O)C/C1=C/C=C1\CCC[C@@]2(C)C1CC[C@@H]2[C@H](C)CCCC(C)(C)O. The highest BCUT2D eigenvalue weighted by Crippen LogP contribution is 2.60.